The first-order chi connectivity index (χ1) is 9.60. The fraction of sp³-hybridized carbons (Fsp3) is 0.500. The number of rotatable bonds is 5. The fourth-order valence-corrected chi connectivity index (χ4v) is 3.12. The van der Waals surface area contributed by atoms with Crippen LogP contribution in [0.3, 0.4) is 0 Å². The highest BCUT2D eigenvalue weighted by Gasteiger charge is 2.18. The van der Waals surface area contributed by atoms with Gasteiger partial charge in [0.15, 0.2) is 0 Å². The molecule has 2 rings (SSSR count). The Balaban J connectivity index is 2.41. The minimum Gasteiger partial charge on any atom is -0.351 e. The van der Waals surface area contributed by atoms with E-state index in [1.165, 1.54) is 11.3 Å². The average Bonchev–Trinajstić information content (AvgIpc) is 2.77. The Labute approximate surface area is 121 Å². The molecule has 108 valence electrons. The molecule has 1 N–H and O–H groups in total. The quantitative estimate of drug-likeness (QED) is 0.860. The van der Waals surface area contributed by atoms with Crippen LogP contribution in [-0.2, 0) is 6.54 Å². The summed E-state index contributed by atoms with van der Waals surface area (Å²) in [7, 11) is 0. The molecule has 0 unspecified atom stereocenters. The molecule has 0 bridgehead atoms. The predicted molar refractivity (Wildman–Crippen MR) is 81.5 cm³/mol. The second kappa shape index (κ2) is 6.17. The summed E-state index contributed by atoms with van der Waals surface area (Å²) in [4.78, 5) is 29.9. The van der Waals surface area contributed by atoms with E-state index in [0.29, 0.717) is 28.2 Å². The van der Waals surface area contributed by atoms with Crippen LogP contribution >= 0.6 is 11.3 Å². The molecule has 0 aliphatic heterocycles. The second-order valence-electron chi connectivity index (χ2n) is 4.68. The molecule has 5 nitrogen and oxygen atoms in total. The van der Waals surface area contributed by atoms with Crippen molar-refractivity contribution in [1.82, 2.24) is 14.9 Å². The Morgan fingerprint density at radius 3 is 2.85 bits per heavy atom. The van der Waals surface area contributed by atoms with E-state index in [-0.39, 0.29) is 11.5 Å². The van der Waals surface area contributed by atoms with Gasteiger partial charge in [0.25, 0.3) is 11.5 Å². The number of amides is 1. The Morgan fingerprint density at radius 2 is 2.20 bits per heavy atom. The normalized spacial score (nSPS) is 10.9. The lowest BCUT2D eigenvalue weighted by molar-refractivity contribution is 0.0957. The summed E-state index contributed by atoms with van der Waals surface area (Å²) in [6.07, 6.45) is 3.53. The van der Waals surface area contributed by atoms with Gasteiger partial charge in [-0.3, -0.25) is 14.2 Å². The maximum absolute atomic E-state index is 12.3. The molecular weight excluding hydrogens is 274 g/mol. The van der Waals surface area contributed by atoms with Gasteiger partial charge in [-0.2, -0.15) is 0 Å². The Morgan fingerprint density at radius 1 is 1.45 bits per heavy atom. The number of unbranched alkanes of at least 4 members (excludes halogenated alkanes) is 1. The molecule has 0 radical (unpaired) electrons. The lowest BCUT2D eigenvalue weighted by atomic mass is 10.2. The van der Waals surface area contributed by atoms with Gasteiger partial charge in [0.1, 0.15) is 4.83 Å². The second-order valence-corrected chi connectivity index (χ2v) is 5.68. The van der Waals surface area contributed by atoms with Gasteiger partial charge in [0.05, 0.1) is 16.6 Å². The number of nitrogens with zero attached hydrogens (tertiary/aromatic N) is 2. The summed E-state index contributed by atoms with van der Waals surface area (Å²) in [5, 5.41) is 3.45. The summed E-state index contributed by atoms with van der Waals surface area (Å²) < 4.78 is 1.56. The van der Waals surface area contributed by atoms with Crippen LogP contribution in [0.4, 0.5) is 0 Å². The van der Waals surface area contributed by atoms with Crippen molar-refractivity contribution in [1.29, 1.82) is 0 Å². The predicted octanol–water partition coefficient (Wildman–Crippen LogP) is 2.32. The van der Waals surface area contributed by atoms with Crippen molar-refractivity contribution < 1.29 is 4.79 Å². The lowest BCUT2D eigenvalue weighted by Crippen LogP contribution is -2.24. The number of aromatic nitrogens is 2. The first-order valence-corrected chi connectivity index (χ1v) is 7.68. The van der Waals surface area contributed by atoms with E-state index in [1.807, 2.05) is 13.8 Å². The summed E-state index contributed by atoms with van der Waals surface area (Å²) in [6, 6.07) is 0. The van der Waals surface area contributed by atoms with E-state index in [1.54, 1.807) is 10.9 Å². The summed E-state index contributed by atoms with van der Waals surface area (Å²) in [5.41, 5.74) is 0.665. The van der Waals surface area contributed by atoms with Crippen molar-refractivity contribution in [3.8, 4) is 0 Å². The number of hydrogen-bond donors (Lipinski definition) is 1. The molecular formula is C14H19N3O2S. The number of hydrogen-bond acceptors (Lipinski definition) is 4. The van der Waals surface area contributed by atoms with Crippen LogP contribution in [0.1, 0.15) is 41.9 Å². The zero-order valence-electron chi connectivity index (χ0n) is 12.0. The number of fused-ring (bicyclic) bond motifs is 1. The third-order valence-electron chi connectivity index (χ3n) is 3.28. The molecule has 0 spiro atoms. The molecule has 2 aromatic heterocycles. The van der Waals surface area contributed by atoms with Gasteiger partial charge in [-0.15, -0.1) is 11.3 Å². The van der Waals surface area contributed by atoms with Crippen LogP contribution in [0.15, 0.2) is 11.1 Å². The maximum Gasteiger partial charge on any atom is 0.262 e. The number of carbonyl (C=O) groups excluding carboxylic acids is 1. The van der Waals surface area contributed by atoms with Crippen LogP contribution in [0, 0.1) is 6.92 Å². The smallest absolute Gasteiger partial charge is 0.262 e. The highest BCUT2D eigenvalue weighted by atomic mass is 32.1. The molecule has 0 aliphatic rings. The number of aryl methyl sites for hydroxylation is 2. The summed E-state index contributed by atoms with van der Waals surface area (Å²) in [6.45, 7) is 7.03. The molecule has 2 aromatic rings. The molecule has 1 amide bonds. The average molecular weight is 293 g/mol. The van der Waals surface area contributed by atoms with E-state index in [4.69, 9.17) is 0 Å². The van der Waals surface area contributed by atoms with Gasteiger partial charge in [0, 0.05) is 13.1 Å². The standard InChI is InChI=1S/C14H19N3O2S/c1-4-6-7-15-12(18)11-9(3)10-13(20-11)16-8-17(5-2)14(10)19/h8H,4-7H2,1-3H3,(H,15,18). The van der Waals surface area contributed by atoms with Crippen molar-refractivity contribution >= 4 is 27.5 Å². The van der Waals surface area contributed by atoms with Crippen molar-refractivity contribution in [2.75, 3.05) is 6.54 Å². The highest BCUT2D eigenvalue weighted by molar-refractivity contribution is 7.20. The van der Waals surface area contributed by atoms with Gasteiger partial charge >= 0.3 is 0 Å². The van der Waals surface area contributed by atoms with E-state index < -0.39 is 0 Å². The number of thiophene rings is 1. The molecule has 0 aromatic carbocycles. The van der Waals surface area contributed by atoms with Crippen LogP contribution in [0.2, 0.25) is 0 Å². The summed E-state index contributed by atoms with van der Waals surface area (Å²) >= 11 is 1.29. The van der Waals surface area contributed by atoms with E-state index in [0.717, 1.165) is 18.4 Å². The van der Waals surface area contributed by atoms with Gasteiger partial charge in [-0.05, 0) is 25.8 Å². The molecule has 20 heavy (non-hydrogen) atoms. The van der Waals surface area contributed by atoms with Crippen molar-refractivity contribution in [2.24, 2.45) is 0 Å². The first-order valence-electron chi connectivity index (χ1n) is 6.86. The Kier molecular flexibility index (Phi) is 4.54. The zero-order valence-corrected chi connectivity index (χ0v) is 12.8. The van der Waals surface area contributed by atoms with Gasteiger partial charge in [-0.25, -0.2) is 4.98 Å². The molecule has 0 saturated carbocycles. The van der Waals surface area contributed by atoms with Gasteiger partial charge in [0.2, 0.25) is 0 Å². The summed E-state index contributed by atoms with van der Waals surface area (Å²) in [5.74, 6) is -0.110. The number of carbonyl (C=O) groups is 1. The molecule has 2 heterocycles. The molecule has 0 aliphatic carbocycles. The van der Waals surface area contributed by atoms with Gasteiger partial charge < -0.3 is 5.32 Å². The van der Waals surface area contributed by atoms with Gasteiger partial charge in [-0.1, -0.05) is 13.3 Å². The SMILES string of the molecule is CCCCNC(=O)c1sc2ncn(CC)c(=O)c2c1C. The zero-order chi connectivity index (χ0) is 14.7. The monoisotopic (exact) mass is 293 g/mol. The fourth-order valence-electron chi connectivity index (χ4n) is 2.06. The Hall–Kier alpha value is -1.69. The van der Waals surface area contributed by atoms with Crippen molar-refractivity contribution in [3.05, 3.63) is 27.1 Å². The molecule has 6 heteroatoms. The van der Waals surface area contributed by atoms with E-state index in [9.17, 15) is 9.59 Å². The van der Waals surface area contributed by atoms with Crippen molar-refractivity contribution in [2.45, 2.75) is 40.2 Å². The molecule has 0 saturated heterocycles. The first kappa shape index (κ1) is 14.7. The van der Waals surface area contributed by atoms with Crippen LogP contribution in [0.25, 0.3) is 10.2 Å². The number of nitrogens with one attached hydrogen (secondary N) is 1. The minimum atomic E-state index is -0.110. The van der Waals surface area contributed by atoms with Crippen LogP contribution < -0.4 is 10.9 Å². The van der Waals surface area contributed by atoms with E-state index >= 15 is 0 Å². The highest BCUT2D eigenvalue weighted by Crippen LogP contribution is 2.26. The third-order valence-corrected chi connectivity index (χ3v) is 4.48. The largest absolute Gasteiger partial charge is 0.351 e. The molecule has 0 fully saturated rings. The third kappa shape index (κ3) is 2.60. The van der Waals surface area contributed by atoms with Crippen LogP contribution in [0.5, 0.6) is 0 Å². The van der Waals surface area contributed by atoms with E-state index in [2.05, 4.69) is 17.2 Å². The topological polar surface area (TPSA) is 64.0 Å². The Bertz CT molecular complexity index is 688. The van der Waals surface area contributed by atoms with Crippen molar-refractivity contribution in [3.63, 3.8) is 0 Å². The maximum atomic E-state index is 12.3. The minimum absolute atomic E-state index is 0.0705. The van der Waals surface area contributed by atoms with Crippen LogP contribution in [-0.4, -0.2) is 22.0 Å². The molecule has 0 atom stereocenters. The lowest BCUT2D eigenvalue weighted by Gasteiger charge is -2.02.